The largest absolute Gasteiger partial charge is 0.483 e. The lowest BCUT2D eigenvalue weighted by molar-refractivity contribution is -0.127. The highest BCUT2D eigenvalue weighted by molar-refractivity contribution is 5.95. The Kier molecular flexibility index (Phi) is 6.73. The minimum Gasteiger partial charge on any atom is -0.483 e. The quantitative estimate of drug-likeness (QED) is 0.616. The van der Waals surface area contributed by atoms with Gasteiger partial charge in [0.25, 0.3) is 11.8 Å². The summed E-state index contributed by atoms with van der Waals surface area (Å²) in [5.41, 5.74) is 5.39. The van der Waals surface area contributed by atoms with Gasteiger partial charge < -0.3 is 21.1 Å². The van der Waals surface area contributed by atoms with Crippen molar-refractivity contribution < 1.29 is 19.1 Å². The highest BCUT2D eigenvalue weighted by Crippen LogP contribution is 2.16. The van der Waals surface area contributed by atoms with E-state index < -0.39 is 11.8 Å². The van der Waals surface area contributed by atoms with Gasteiger partial charge in [-0.25, -0.2) is 0 Å². The first-order valence-electron chi connectivity index (χ1n) is 6.59. The van der Waals surface area contributed by atoms with E-state index in [-0.39, 0.29) is 30.4 Å². The molecule has 0 bridgehead atoms. The third-order valence-electron chi connectivity index (χ3n) is 2.53. The van der Waals surface area contributed by atoms with Crippen LogP contribution >= 0.6 is 0 Å². The van der Waals surface area contributed by atoms with Crippen LogP contribution in [0, 0.1) is 0 Å². The molecular weight excluding hydrogens is 274 g/mol. The van der Waals surface area contributed by atoms with Crippen molar-refractivity contribution in [2.75, 3.05) is 19.7 Å². The van der Waals surface area contributed by atoms with E-state index in [1.165, 1.54) is 6.07 Å². The molecule has 0 aromatic heterocycles. The molecule has 0 saturated heterocycles. The molecule has 0 saturated carbocycles. The number of primary amides is 1. The molecule has 0 spiro atoms. The first-order chi connectivity index (χ1) is 10.0. The van der Waals surface area contributed by atoms with Gasteiger partial charge in [-0.3, -0.25) is 14.4 Å². The van der Waals surface area contributed by atoms with Crippen molar-refractivity contribution in [1.29, 1.82) is 0 Å². The maximum atomic E-state index is 11.5. The van der Waals surface area contributed by atoms with Crippen LogP contribution in [0.1, 0.15) is 23.7 Å². The van der Waals surface area contributed by atoms with Gasteiger partial charge in [0.1, 0.15) is 5.75 Å². The van der Waals surface area contributed by atoms with Gasteiger partial charge in [0.15, 0.2) is 6.61 Å². The summed E-state index contributed by atoms with van der Waals surface area (Å²) < 4.78 is 5.23. The molecule has 7 heteroatoms. The van der Waals surface area contributed by atoms with E-state index in [0.29, 0.717) is 6.54 Å². The molecule has 114 valence electrons. The van der Waals surface area contributed by atoms with Gasteiger partial charge in [-0.2, -0.15) is 0 Å². The molecule has 21 heavy (non-hydrogen) atoms. The van der Waals surface area contributed by atoms with Crippen LogP contribution in [0.5, 0.6) is 5.75 Å². The summed E-state index contributed by atoms with van der Waals surface area (Å²) in [6.07, 6.45) is 0.826. The van der Waals surface area contributed by atoms with Crippen molar-refractivity contribution in [3.63, 3.8) is 0 Å². The molecule has 4 N–H and O–H groups in total. The fraction of sp³-hybridized carbons (Fsp3) is 0.357. The van der Waals surface area contributed by atoms with E-state index in [4.69, 9.17) is 10.5 Å². The van der Waals surface area contributed by atoms with Gasteiger partial charge in [-0.15, -0.1) is 0 Å². The van der Waals surface area contributed by atoms with Crippen molar-refractivity contribution in [2.24, 2.45) is 5.73 Å². The van der Waals surface area contributed by atoms with Gasteiger partial charge in [-0.05, 0) is 18.6 Å². The van der Waals surface area contributed by atoms with Crippen LogP contribution in [0.2, 0.25) is 0 Å². The zero-order chi connectivity index (χ0) is 15.7. The zero-order valence-corrected chi connectivity index (χ0v) is 11.8. The van der Waals surface area contributed by atoms with Crippen LogP contribution in [-0.2, 0) is 9.59 Å². The summed E-state index contributed by atoms with van der Waals surface area (Å²) in [6, 6.07) is 6.36. The second kappa shape index (κ2) is 8.57. The number of hydrogen-bond donors (Lipinski definition) is 3. The number of nitrogens with one attached hydrogen (secondary N) is 2. The second-order valence-corrected chi connectivity index (χ2v) is 4.28. The molecule has 1 rings (SSSR count). The molecule has 0 heterocycles. The third kappa shape index (κ3) is 5.94. The molecule has 0 aliphatic heterocycles. The zero-order valence-electron chi connectivity index (χ0n) is 11.8. The van der Waals surface area contributed by atoms with Crippen molar-refractivity contribution in [2.45, 2.75) is 13.3 Å². The Morgan fingerprint density at radius 2 is 1.86 bits per heavy atom. The number of ether oxygens (including phenoxy) is 1. The van der Waals surface area contributed by atoms with Gasteiger partial charge in [-0.1, -0.05) is 19.1 Å². The van der Waals surface area contributed by atoms with E-state index in [0.717, 1.165) is 6.42 Å². The van der Waals surface area contributed by atoms with Crippen LogP contribution in [-0.4, -0.2) is 37.4 Å². The van der Waals surface area contributed by atoms with Crippen molar-refractivity contribution in [3.8, 4) is 5.75 Å². The maximum Gasteiger partial charge on any atom is 0.258 e. The van der Waals surface area contributed by atoms with E-state index in [9.17, 15) is 14.4 Å². The Hall–Kier alpha value is -2.57. The predicted molar refractivity (Wildman–Crippen MR) is 76.8 cm³/mol. The minimum atomic E-state index is -0.634. The smallest absolute Gasteiger partial charge is 0.258 e. The number of nitrogens with two attached hydrogens (primary N) is 1. The number of benzene rings is 1. The molecule has 0 unspecified atom stereocenters. The highest BCUT2D eigenvalue weighted by atomic mass is 16.5. The molecule has 0 aliphatic carbocycles. The van der Waals surface area contributed by atoms with Gasteiger partial charge in [0.2, 0.25) is 5.91 Å². The van der Waals surface area contributed by atoms with E-state index >= 15 is 0 Å². The first-order valence-corrected chi connectivity index (χ1v) is 6.59. The van der Waals surface area contributed by atoms with E-state index in [1.54, 1.807) is 18.2 Å². The minimum absolute atomic E-state index is 0.111. The SMILES string of the molecule is CCCNC(=O)CNC(=O)COc1ccccc1C(N)=O. The molecule has 1 aromatic rings. The fourth-order valence-electron chi connectivity index (χ4n) is 1.50. The molecule has 0 atom stereocenters. The Balaban J connectivity index is 2.40. The van der Waals surface area contributed by atoms with Crippen LogP contribution in [0.3, 0.4) is 0 Å². The third-order valence-corrected chi connectivity index (χ3v) is 2.53. The van der Waals surface area contributed by atoms with Crippen molar-refractivity contribution in [1.82, 2.24) is 10.6 Å². The van der Waals surface area contributed by atoms with Crippen molar-refractivity contribution in [3.05, 3.63) is 29.8 Å². The Bertz CT molecular complexity index is 517. The number of rotatable bonds is 8. The Labute approximate surface area is 122 Å². The fourth-order valence-corrected chi connectivity index (χ4v) is 1.50. The van der Waals surface area contributed by atoms with E-state index in [1.807, 2.05) is 6.92 Å². The number of carbonyl (C=O) groups is 3. The summed E-state index contributed by atoms with van der Waals surface area (Å²) >= 11 is 0. The number of amides is 3. The lowest BCUT2D eigenvalue weighted by Crippen LogP contribution is -2.39. The molecule has 1 aromatic carbocycles. The topological polar surface area (TPSA) is 111 Å². The number of carbonyl (C=O) groups excluding carboxylic acids is 3. The number of hydrogen-bond acceptors (Lipinski definition) is 4. The summed E-state index contributed by atoms with van der Waals surface area (Å²) in [4.78, 5) is 34.0. The average molecular weight is 293 g/mol. The molecular formula is C14H19N3O4. The summed E-state index contributed by atoms with van der Waals surface area (Å²) in [7, 11) is 0. The maximum absolute atomic E-state index is 11.5. The van der Waals surface area contributed by atoms with Crippen LogP contribution in [0.4, 0.5) is 0 Å². The lowest BCUT2D eigenvalue weighted by Gasteiger charge is -2.09. The highest BCUT2D eigenvalue weighted by Gasteiger charge is 2.10. The first kappa shape index (κ1) is 16.5. The summed E-state index contributed by atoms with van der Waals surface area (Å²) in [6.45, 7) is 2.09. The van der Waals surface area contributed by atoms with Gasteiger partial charge in [0.05, 0.1) is 12.1 Å². The van der Waals surface area contributed by atoms with Gasteiger partial charge in [0, 0.05) is 6.54 Å². The molecule has 0 aliphatic rings. The van der Waals surface area contributed by atoms with Crippen LogP contribution in [0.25, 0.3) is 0 Å². The van der Waals surface area contributed by atoms with Gasteiger partial charge >= 0.3 is 0 Å². The van der Waals surface area contributed by atoms with Crippen molar-refractivity contribution >= 4 is 17.7 Å². The second-order valence-electron chi connectivity index (χ2n) is 4.28. The van der Waals surface area contributed by atoms with E-state index in [2.05, 4.69) is 10.6 Å². The standard InChI is InChI=1S/C14H19N3O4/c1-2-7-16-12(18)8-17-13(19)9-21-11-6-4-3-5-10(11)14(15)20/h3-6H,2,7-9H2,1H3,(H2,15,20)(H,16,18)(H,17,19). The normalized spacial score (nSPS) is 9.76. The summed E-state index contributed by atoms with van der Waals surface area (Å²) in [5.74, 6) is -1.12. The van der Waals surface area contributed by atoms with Crippen LogP contribution < -0.4 is 21.1 Å². The Morgan fingerprint density at radius 1 is 1.14 bits per heavy atom. The summed E-state index contributed by atoms with van der Waals surface area (Å²) in [5, 5.41) is 5.05. The predicted octanol–water partition coefficient (Wildman–Crippen LogP) is -0.193. The molecule has 3 amide bonds. The van der Waals surface area contributed by atoms with Crippen LogP contribution in [0.15, 0.2) is 24.3 Å². The average Bonchev–Trinajstić information content (AvgIpc) is 2.48. The monoisotopic (exact) mass is 293 g/mol. The Morgan fingerprint density at radius 3 is 2.52 bits per heavy atom. The molecule has 0 radical (unpaired) electrons. The molecule has 7 nitrogen and oxygen atoms in total. The lowest BCUT2D eigenvalue weighted by atomic mass is 10.2. The number of para-hydroxylation sites is 1. The molecule has 0 fully saturated rings.